The van der Waals surface area contributed by atoms with Gasteiger partial charge in [-0.3, -0.25) is 19.2 Å². The van der Waals surface area contributed by atoms with Crippen molar-refractivity contribution < 1.29 is 27.6 Å². The Morgan fingerprint density at radius 1 is 1.15 bits per heavy atom. The van der Waals surface area contributed by atoms with Gasteiger partial charge in [-0.1, -0.05) is 6.07 Å². The first-order valence-electron chi connectivity index (χ1n) is 7.69. The molecule has 2 rings (SSSR count). The minimum absolute atomic E-state index is 0.0189. The van der Waals surface area contributed by atoms with Crippen molar-refractivity contribution in [3.05, 3.63) is 58.1 Å². The molecule has 10 heteroatoms. The molecule has 0 aliphatic heterocycles. The zero-order chi connectivity index (χ0) is 20.2. The molecule has 27 heavy (non-hydrogen) atoms. The predicted octanol–water partition coefficient (Wildman–Crippen LogP) is 2.28. The molecule has 2 aromatic rings. The number of anilines is 1. The highest BCUT2D eigenvalue weighted by atomic mass is 32.2. The Morgan fingerprint density at radius 3 is 2.30 bits per heavy atom. The molecule has 0 heterocycles. The van der Waals surface area contributed by atoms with Crippen molar-refractivity contribution in [2.24, 2.45) is 0 Å². The molecule has 0 spiro atoms. The largest absolute Gasteiger partial charge is 0.497 e. The summed E-state index contributed by atoms with van der Waals surface area (Å²) in [7, 11) is -1.63. The molecular formula is C17H18N2O7S. The zero-order valence-electron chi connectivity index (χ0n) is 14.9. The Hall–Kier alpha value is -3.14. The van der Waals surface area contributed by atoms with E-state index in [4.69, 9.17) is 4.74 Å². The van der Waals surface area contributed by atoms with Crippen molar-refractivity contribution in [3.8, 4) is 5.75 Å². The molecule has 144 valence electrons. The van der Waals surface area contributed by atoms with Crippen molar-refractivity contribution in [2.45, 2.75) is 11.8 Å². The average Bonchev–Trinajstić information content (AvgIpc) is 2.66. The van der Waals surface area contributed by atoms with Crippen LogP contribution in [0.4, 0.5) is 11.4 Å². The number of carbonyl (C=O) groups excluding carboxylic acids is 1. The number of hydrogen-bond donors (Lipinski definition) is 0. The fourth-order valence-corrected chi connectivity index (χ4v) is 3.80. The molecule has 0 unspecified atom stereocenters. The topological polar surface area (TPSA) is 116 Å². The van der Waals surface area contributed by atoms with Crippen LogP contribution in [0.25, 0.3) is 0 Å². The summed E-state index contributed by atoms with van der Waals surface area (Å²) in [6.07, 6.45) is 0. The Balaban J connectivity index is 2.62. The zero-order valence-corrected chi connectivity index (χ0v) is 15.7. The van der Waals surface area contributed by atoms with E-state index in [1.807, 2.05) is 0 Å². The number of esters is 1. The van der Waals surface area contributed by atoms with Crippen molar-refractivity contribution >= 4 is 27.4 Å². The Kier molecular flexibility index (Phi) is 6.01. The first-order chi connectivity index (χ1) is 12.7. The first-order valence-corrected chi connectivity index (χ1v) is 9.13. The Labute approximate surface area is 156 Å². The maximum atomic E-state index is 13.1. The van der Waals surface area contributed by atoms with E-state index in [-0.39, 0.29) is 16.3 Å². The number of nitrogens with zero attached hydrogens (tertiary/aromatic N) is 2. The van der Waals surface area contributed by atoms with Crippen molar-refractivity contribution in [1.29, 1.82) is 0 Å². The maximum absolute atomic E-state index is 13.1. The van der Waals surface area contributed by atoms with Crippen LogP contribution in [0.2, 0.25) is 0 Å². The molecule has 0 aliphatic rings. The van der Waals surface area contributed by atoms with Crippen LogP contribution in [0.15, 0.2) is 47.4 Å². The quantitative estimate of drug-likeness (QED) is 0.402. The maximum Gasteiger partial charge on any atom is 0.326 e. The van der Waals surface area contributed by atoms with Gasteiger partial charge in [0.2, 0.25) is 0 Å². The van der Waals surface area contributed by atoms with Crippen molar-refractivity contribution in [3.63, 3.8) is 0 Å². The number of ether oxygens (including phenoxy) is 2. The van der Waals surface area contributed by atoms with Crippen LogP contribution in [0, 0.1) is 17.0 Å². The molecule has 0 aromatic heterocycles. The molecule has 9 nitrogen and oxygen atoms in total. The Bertz CT molecular complexity index is 956. The molecule has 0 saturated carbocycles. The summed E-state index contributed by atoms with van der Waals surface area (Å²) in [6.45, 7) is 0.958. The molecule has 0 N–H and O–H groups in total. The van der Waals surface area contributed by atoms with E-state index in [0.717, 1.165) is 17.5 Å². The van der Waals surface area contributed by atoms with Crippen LogP contribution in [-0.2, 0) is 19.6 Å². The fourth-order valence-electron chi connectivity index (χ4n) is 2.34. The van der Waals surface area contributed by atoms with E-state index in [1.54, 1.807) is 6.92 Å². The summed E-state index contributed by atoms with van der Waals surface area (Å²) in [5, 5.41) is 11.1. The third-order valence-electron chi connectivity index (χ3n) is 3.82. The molecule has 0 saturated heterocycles. The van der Waals surface area contributed by atoms with Gasteiger partial charge in [-0.25, -0.2) is 8.42 Å². The predicted molar refractivity (Wildman–Crippen MR) is 97.4 cm³/mol. The summed E-state index contributed by atoms with van der Waals surface area (Å²) in [5.74, 6) is -0.349. The van der Waals surface area contributed by atoms with Gasteiger partial charge in [-0.2, -0.15) is 0 Å². The van der Waals surface area contributed by atoms with E-state index in [1.165, 1.54) is 43.5 Å². The lowest BCUT2D eigenvalue weighted by atomic mass is 10.2. The number of nitro benzene ring substituents is 1. The molecule has 0 fully saturated rings. The van der Waals surface area contributed by atoms with Crippen LogP contribution in [0.1, 0.15) is 5.56 Å². The summed E-state index contributed by atoms with van der Waals surface area (Å²) in [4.78, 5) is 22.2. The van der Waals surface area contributed by atoms with Gasteiger partial charge in [-0.15, -0.1) is 0 Å². The van der Waals surface area contributed by atoms with Gasteiger partial charge >= 0.3 is 5.97 Å². The van der Waals surface area contributed by atoms with E-state index in [0.29, 0.717) is 11.3 Å². The highest BCUT2D eigenvalue weighted by molar-refractivity contribution is 7.92. The van der Waals surface area contributed by atoms with Crippen LogP contribution in [-0.4, -0.2) is 40.1 Å². The number of aryl methyl sites for hydroxylation is 1. The smallest absolute Gasteiger partial charge is 0.326 e. The SMILES string of the molecule is COC(=O)CN(c1cc([N+](=O)[O-])ccc1C)S(=O)(=O)c1ccc(OC)cc1. The number of benzene rings is 2. The Morgan fingerprint density at radius 2 is 1.78 bits per heavy atom. The second kappa shape index (κ2) is 8.04. The molecule has 0 radical (unpaired) electrons. The minimum Gasteiger partial charge on any atom is -0.497 e. The van der Waals surface area contributed by atoms with Gasteiger partial charge in [0.15, 0.2) is 0 Å². The van der Waals surface area contributed by atoms with E-state index in [2.05, 4.69) is 4.74 Å². The second-order valence-electron chi connectivity index (χ2n) is 5.49. The highest BCUT2D eigenvalue weighted by Gasteiger charge is 2.30. The monoisotopic (exact) mass is 394 g/mol. The van der Waals surface area contributed by atoms with E-state index in [9.17, 15) is 23.3 Å². The highest BCUT2D eigenvalue weighted by Crippen LogP contribution is 2.30. The number of rotatable bonds is 7. The van der Waals surface area contributed by atoms with Gasteiger partial charge in [0.25, 0.3) is 15.7 Å². The number of sulfonamides is 1. The van der Waals surface area contributed by atoms with Gasteiger partial charge in [0, 0.05) is 12.1 Å². The number of hydrogen-bond acceptors (Lipinski definition) is 7. The van der Waals surface area contributed by atoms with E-state index < -0.39 is 27.5 Å². The molecule has 0 aliphatic carbocycles. The third kappa shape index (κ3) is 4.34. The van der Waals surface area contributed by atoms with Gasteiger partial charge < -0.3 is 9.47 Å². The van der Waals surface area contributed by atoms with Crippen LogP contribution in [0.5, 0.6) is 5.75 Å². The lowest BCUT2D eigenvalue weighted by Gasteiger charge is -2.24. The van der Waals surface area contributed by atoms with Gasteiger partial charge in [-0.05, 0) is 36.8 Å². The molecular weight excluding hydrogens is 376 g/mol. The fraction of sp³-hybridized carbons (Fsp3) is 0.235. The molecule has 0 amide bonds. The summed E-state index contributed by atoms with van der Waals surface area (Å²) in [6, 6.07) is 9.36. The van der Waals surface area contributed by atoms with Crippen LogP contribution in [0.3, 0.4) is 0 Å². The normalized spacial score (nSPS) is 10.9. The minimum atomic E-state index is -4.19. The number of methoxy groups -OCH3 is 2. The summed E-state index contributed by atoms with van der Waals surface area (Å²) >= 11 is 0. The average molecular weight is 394 g/mol. The lowest BCUT2D eigenvalue weighted by molar-refractivity contribution is -0.384. The molecule has 0 atom stereocenters. The second-order valence-corrected chi connectivity index (χ2v) is 7.35. The summed E-state index contributed by atoms with van der Waals surface area (Å²) < 4.78 is 36.6. The molecule has 0 bridgehead atoms. The van der Waals surface area contributed by atoms with Crippen LogP contribution >= 0.6 is 0 Å². The number of non-ortho nitro benzene ring substituents is 1. The third-order valence-corrected chi connectivity index (χ3v) is 5.59. The first kappa shape index (κ1) is 20.2. The number of carbonyl (C=O) groups is 1. The lowest BCUT2D eigenvalue weighted by Crippen LogP contribution is -2.36. The van der Waals surface area contributed by atoms with Crippen LogP contribution < -0.4 is 9.04 Å². The van der Waals surface area contributed by atoms with Crippen molar-refractivity contribution in [1.82, 2.24) is 0 Å². The number of nitro groups is 1. The van der Waals surface area contributed by atoms with Crippen molar-refractivity contribution in [2.75, 3.05) is 25.1 Å². The summed E-state index contributed by atoms with van der Waals surface area (Å²) in [5.41, 5.74) is 0.169. The standard InChI is InChI=1S/C17H18N2O7S/c1-12-4-5-13(19(21)22)10-16(12)18(11-17(20)26-3)27(23,24)15-8-6-14(25-2)7-9-15/h4-10H,11H2,1-3H3. The van der Waals surface area contributed by atoms with Gasteiger partial charge in [0.05, 0.1) is 29.7 Å². The van der Waals surface area contributed by atoms with E-state index >= 15 is 0 Å². The van der Waals surface area contributed by atoms with Gasteiger partial charge in [0.1, 0.15) is 12.3 Å². The molecule has 2 aromatic carbocycles.